The van der Waals surface area contributed by atoms with Gasteiger partial charge in [-0.05, 0) is 31.2 Å². The number of nitrogens with two attached hydrogens (primary N) is 1. The summed E-state index contributed by atoms with van der Waals surface area (Å²) in [4.78, 5) is 11.9. The summed E-state index contributed by atoms with van der Waals surface area (Å²) < 4.78 is 6.61. The fourth-order valence-electron chi connectivity index (χ4n) is 1.94. The lowest BCUT2D eigenvalue weighted by Crippen LogP contribution is -2.16. The van der Waals surface area contributed by atoms with Crippen LogP contribution in [0.4, 0.5) is 0 Å². The second kappa shape index (κ2) is 4.78. The molecule has 0 fully saturated rings. The molecule has 0 radical (unpaired) electrons. The van der Waals surface area contributed by atoms with Crippen molar-refractivity contribution in [3.05, 3.63) is 36.0 Å². The maximum absolute atomic E-state index is 11.5. The number of methoxy groups -OCH3 is 1. The lowest BCUT2D eigenvalue weighted by molar-refractivity contribution is -0.143. The fourth-order valence-corrected chi connectivity index (χ4v) is 2.07. The lowest BCUT2D eigenvalue weighted by Gasteiger charge is -2.12. The summed E-state index contributed by atoms with van der Waals surface area (Å²) in [6.07, 6.45) is 1.86. The Hall–Kier alpha value is -1.88. The Morgan fingerprint density at radius 1 is 1.44 bits per heavy atom. The molecule has 0 saturated heterocycles. The first kappa shape index (κ1) is 12.6. The second-order valence-corrected chi connectivity index (χ2v) is 4.50. The van der Waals surface area contributed by atoms with Crippen molar-refractivity contribution in [2.75, 3.05) is 7.11 Å². The van der Waals surface area contributed by atoms with Crippen molar-refractivity contribution in [3.63, 3.8) is 0 Å². The molecule has 5 heteroatoms. The Morgan fingerprint density at radius 2 is 2.17 bits per heavy atom. The highest BCUT2D eigenvalue weighted by atomic mass is 32.1. The van der Waals surface area contributed by atoms with Gasteiger partial charge in [-0.3, -0.25) is 0 Å². The minimum Gasteiger partial charge on any atom is -0.467 e. The summed E-state index contributed by atoms with van der Waals surface area (Å²) in [7, 11) is 1.38. The van der Waals surface area contributed by atoms with Gasteiger partial charge >= 0.3 is 5.97 Å². The lowest BCUT2D eigenvalue weighted by atomic mass is 10.1. The molecule has 0 aliphatic heterocycles. The van der Waals surface area contributed by atoms with Crippen LogP contribution in [0.25, 0.3) is 10.9 Å². The number of hydrogen-bond donors (Lipinski definition) is 1. The van der Waals surface area contributed by atoms with Crippen molar-refractivity contribution < 1.29 is 9.53 Å². The Bertz CT molecular complexity index is 618. The third-order valence-electron chi connectivity index (χ3n) is 2.96. The smallest absolute Gasteiger partial charge is 0.328 e. The van der Waals surface area contributed by atoms with E-state index in [0.717, 1.165) is 16.5 Å². The van der Waals surface area contributed by atoms with Crippen LogP contribution >= 0.6 is 12.2 Å². The molecule has 4 nitrogen and oxygen atoms in total. The third-order valence-corrected chi connectivity index (χ3v) is 3.20. The van der Waals surface area contributed by atoms with Crippen LogP contribution in [0.15, 0.2) is 30.5 Å². The van der Waals surface area contributed by atoms with Gasteiger partial charge in [0.05, 0.1) is 7.11 Å². The SMILES string of the molecule is COC(=O)C(C)n1ccc2cc(C(N)=S)ccc21. The van der Waals surface area contributed by atoms with Gasteiger partial charge in [0, 0.05) is 22.7 Å². The minimum absolute atomic E-state index is 0.272. The third kappa shape index (κ3) is 2.09. The number of aromatic nitrogens is 1. The van der Waals surface area contributed by atoms with Crippen LogP contribution in [0.5, 0.6) is 0 Å². The molecule has 1 unspecified atom stereocenters. The van der Waals surface area contributed by atoms with E-state index in [1.54, 1.807) is 6.92 Å². The van der Waals surface area contributed by atoms with E-state index in [4.69, 9.17) is 22.7 Å². The number of carbonyl (C=O) groups excluding carboxylic acids is 1. The van der Waals surface area contributed by atoms with Gasteiger partial charge in [-0.15, -0.1) is 0 Å². The minimum atomic E-state index is -0.358. The van der Waals surface area contributed by atoms with Gasteiger partial charge in [-0.25, -0.2) is 4.79 Å². The van der Waals surface area contributed by atoms with Crippen molar-refractivity contribution in [3.8, 4) is 0 Å². The highest BCUT2D eigenvalue weighted by Crippen LogP contribution is 2.22. The monoisotopic (exact) mass is 262 g/mol. The van der Waals surface area contributed by atoms with E-state index in [1.165, 1.54) is 7.11 Å². The highest BCUT2D eigenvalue weighted by molar-refractivity contribution is 7.80. The quantitative estimate of drug-likeness (QED) is 0.679. The summed E-state index contributed by atoms with van der Waals surface area (Å²) in [6.45, 7) is 1.80. The average molecular weight is 262 g/mol. The van der Waals surface area contributed by atoms with E-state index in [9.17, 15) is 4.79 Å². The molecule has 1 aromatic carbocycles. The molecule has 0 bridgehead atoms. The molecule has 2 rings (SSSR count). The van der Waals surface area contributed by atoms with Crippen LogP contribution in [0, 0.1) is 0 Å². The number of hydrogen-bond acceptors (Lipinski definition) is 3. The van der Waals surface area contributed by atoms with Crippen LogP contribution in [0.2, 0.25) is 0 Å². The number of benzene rings is 1. The summed E-state index contributed by atoms with van der Waals surface area (Å²) in [6, 6.07) is 7.24. The van der Waals surface area contributed by atoms with Gasteiger partial charge < -0.3 is 15.0 Å². The van der Waals surface area contributed by atoms with Crippen LogP contribution in [0.3, 0.4) is 0 Å². The maximum Gasteiger partial charge on any atom is 0.328 e. The molecular formula is C13H14N2O2S. The Labute approximate surface area is 110 Å². The van der Waals surface area contributed by atoms with E-state index in [0.29, 0.717) is 4.99 Å². The van der Waals surface area contributed by atoms with Crippen molar-refractivity contribution in [2.45, 2.75) is 13.0 Å². The number of thiocarbonyl (C=S) groups is 1. The van der Waals surface area contributed by atoms with Gasteiger partial charge in [0.2, 0.25) is 0 Å². The highest BCUT2D eigenvalue weighted by Gasteiger charge is 2.16. The van der Waals surface area contributed by atoms with E-state index < -0.39 is 0 Å². The number of ether oxygens (including phenoxy) is 1. The molecular weight excluding hydrogens is 248 g/mol. The van der Waals surface area contributed by atoms with Crippen molar-refractivity contribution in [2.24, 2.45) is 5.73 Å². The molecule has 2 N–H and O–H groups in total. The predicted octanol–water partition coefficient (Wildman–Crippen LogP) is 2.01. The summed E-state index contributed by atoms with van der Waals surface area (Å²) >= 11 is 4.94. The topological polar surface area (TPSA) is 57.2 Å². The first-order valence-electron chi connectivity index (χ1n) is 5.53. The molecule has 0 amide bonds. The van der Waals surface area contributed by atoms with Gasteiger partial charge in [0.15, 0.2) is 0 Å². The summed E-state index contributed by atoms with van der Waals surface area (Å²) in [5.74, 6) is -0.272. The predicted molar refractivity (Wildman–Crippen MR) is 74.6 cm³/mol. The van der Waals surface area contributed by atoms with Crippen LogP contribution < -0.4 is 5.73 Å². The number of rotatable bonds is 3. The molecule has 0 aliphatic carbocycles. The van der Waals surface area contributed by atoms with E-state index in [2.05, 4.69) is 0 Å². The molecule has 18 heavy (non-hydrogen) atoms. The zero-order chi connectivity index (χ0) is 13.3. The number of carbonyl (C=O) groups is 1. The Kier molecular flexibility index (Phi) is 3.34. The van der Waals surface area contributed by atoms with Crippen LogP contribution in [0.1, 0.15) is 18.5 Å². The molecule has 1 aromatic heterocycles. The Balaban J connectivity index is 2.49. The first-order valence-corrected chi connectivity index (χ1v) is 5.93. The average Bonchev–Trinajstić information content (AvgIpc) is 2.79. The fraction of sp³-hybridized carbons (Fsp3) is 0.231. The van der Waals surface area contributed by atoms with Crippen molar-refractivity contribution >= 4 is 34.1 Å². The summed E-state index contributed by atoms with van der Waals surface area (Å²) in [5, 5.41) is 0.996. The molecule has 94 valence electrons. The standard InChI is InChI=1S/C13H14N2O2S/c1-8(13(16)17-2)15-6-5-9-7-10(12(14)18)3-4-11(9)15/h3-8H,1-2H3,(H2,14,18). The van der Waals surface area contributed by atoms with Gasteiger partial charge in [-0.2, -0.15) is 0 Å². The number of esters is 1. The molecule has 1 heterocycles. The van der Waals surface area contributed by atoms with Crippen LogP contribution in [-0.2, 0) is 9.53 Å². The Morgan fingerprint density at radius 3 is 2.78 bits per heavy atom. The van der Waals surface area contributed by atoms with Gasteiger partial charge in [0.25, 0.3) is 0 Å². The molecule has 2 aromatic rings. The van der Waals surface area contributed by atoms with Gasteiger partial charge in [-0.1, -0.05) is 12.2 Å². The zero-order valence-electron chi connectivity index (χ0n) is 10.2. The summed E-state index contributed by atoms with van der Waals surface area (Å²) in [5.41, 5.74) is 7.36. The molecule has 0 aliphatic rings. The number of nitrogens with zero attached hydrogens (tertiary/aromatic N) is 1. The second-order valence-electron chi connectivity index (χ2n) is 4.06. The largest absolute Gasteiger partial charge is 0.467 e. The van der Waals surface area contributed by atoms with E-state index >= 15 is 0 Å². The number of fused-ring (bicyclic) bond motifs is 1. The van der Waals surface area contributed by atoms with Crippen LogP contribution in [-0.4, -0.2) is 22.6 Å². The zero-order valence-corrected chi connectivity index (χ0v) is 11.0. The van der Waals surface area contributed by atoms with E-state index in [-0.39, 0.29) is 12.0 Å². The van der Waals surface area contributed by atoms with E-state index in [1.807, 2.05) is 35.0 Å². The first-order chi connectivity index (χ1) is 8.54. The van der Waals surface area contributed by atoms with Crippen molar-refractivity contribution in [1.29, 1.82) is 0 Å². The molecule has 1 atom stereocenters. The van der Waals surface area contributed by atoms with Crippen molar-refractivity contribution in [1.82, 2.24) is 4.57 Å². The molecule has 0 spiro atoms. The normalized spacial score (nSPS) is 12.3. The maximum atomic E-state index is 11.5. The van der Waals surface area contributed by atoms with Gasteiger partial charge in [0.1, 0.15) is 11.0 Å². The molecule has 0 saturated carbocycles.